The Bertz CT molecular complexity index is 761. The summed E-state index contributed by atoms with van der Waals surface area (Å²) in [7, 11) is 0. The first-order valence-corrected chi connectivity index (χ1v) is 7.10. The molecule has 0 N–H and O–H groups in total. The van der Waals surface area contributed by atoms with Crippen molar-refractivity contribution in [3.05, 3.63) is 64.2 Å². The Hall–Kier alpha value is -2.14. The molecule has 0 aliphatic rings. The van der Waals surface area contributed by atoms with Gasteiger partial charge in [-0.05, 0) is 37.1 Å². The van der Waals surface area contributed by atoms with Crippen molar-refractivity contribution in [2.24, 2.45) is 4.99 Å². The largest absolute Gasteiger partial charge is 0.437 e. The molecule has 0 aliphatic carbocycles. The predicted molar refractivity (Wildman–Crippen MR) is 84.8 cm³/mol. The first-order chi connectivity index (χ1) is 10.7. The van der Waals surface area contributed by atoms with Crippen molar-refractivity contribution in [2.75, 3.05) is 0 Å². The van der Waals surface area contributed by atoms with Gasteiger partial charge in [-0.25, -0.2) is 4.99 Å². The predicted octanol–water partition coefficient (Wildman–Crippen LogP) is 5.47. The Kier molecular flexibility index (Phi) is 4.90. The van der Waals surface area contributed by atoms with Gasteiger partial charge in [0, 0.05) is 10.6 Å². The lowest BCUT2D eigenvalue weighted by atomic mass is 10.1. The maximum absolute atomic E-state index is 13.3. The lowest BCUT2D eigenvalue weighted by molar-refractivity contribution is -0.0581. The molecule has 2 aromatic rings. The van der Waals surface area contributed by atoms with Gasteiger partial charge in [-0.1, -0.05) is 41.9 Å². The molecule has 120 valence electrons. The minimum atomic E-state index is -4.87. The van der Waals surface area contributed by atoms with Crippen molar-refractivity contribution in [3.8, 4) is 0 Å². The van der Waals surface area contributed by atoms with E-state index in [1.165, 1.54) is 24.3 Å². The van der Waals surface area contributed by atoms with Crippen LogP contribution in [0.5, 0.6) is 0 Å². The van der Waals surface area contributed by atoms with E-state index in [9.17, 15) is 18.0 Å². The molecular formula is C17H13ClF3NO. The van der Waals surface area contributed by atoms with Gasteiger partial charge >= 0.3 is 6.18 Å². The third-order valence-corrected chi connectivity index (χ3v) is 3.47. The van der Waals surface area contributed by atoms with Gasteiger partial charge in [-0.15, -0.1) is 0 Å². The summed E-state index contributed by atoms with van der Waals surface area (Å²) in [5, 5.41) is 0.185. The van der Waals surface area contributed by atoms with Crippen LogP contribution >= 0.6 is 11.6 Å². The Balaban J connectivity index is 2.59. The van der Waals surface area contributed by atoms with E-state index in [4.69, 9.17) is 11.6 Å². The summed E-state index contributed by atoms with van der Waals surface area (Å²) in [4.78, 5) is 15.9. The fraction of sp³-hybridized carbons (Fsp3) is 0.176. The van der Waals surface area contributed by atoms with Gasteiger partial charge in [0.1, 0.15) is 0 Å². The second-order valence-electron chi connectivity index (χ2n) is 5.04. The number of halogens is 4. The zero-order valence-corrected chi connectivity index (χ0v) is 13.2. The number of rotatable bonds is 3. The number of carbonyl (C=O) groups is 1. The molecule has 0 fully saturated rings. The van der Waals surface area contributed by atoms with E-state index in [-0.39, 0.29) is 16.3 Å². The fourth-order valence-corrected chi connectivity index (χ4v) is 2.29. The quantitative estimate of drug-likeness (QED) is 0.538. The molecule has 23 heavy (non-hydrogen) atoms. The molecule has 0 aromatic heterocycles. The molecule has 0 heterocycles. The smallest absolute Gasteiger partial charge is 0.287 e. The molecule has 0 spiro atoms. The van der Waals surface area contributed by atoms with Crippen LogP contribution in [0.1, 0.15) is 21.5 Å². The minimum Gasteiger partial charge on any atom is -0.287 e. The van der Waals surface area contributed by atoms with Crippen LogP contribution in [0.2, 0.25) is 5.02 Å². The average molecular weight is 340 g/mol. The monoisotopic (exact) mass is 339 g/mol. The highest BCUT2D eigenvalue weighted by Crippen LogP contribution is 2.28. The van der Waals surface area contributed by atoms with E-state index < -0.39 is 17.7 Å². The maximum Gasteiger partial charge on any atom is 0.437 e. The van der Waals surface area contributed by atoms with Gasteiger partial charge in [-0.2, -0.15) is 13.2 Å². The normalized spacial score (nSPS) is 12.3. The Morgan fingerprint density at radius 2 is 1.61 bits per heavy atom. The van der Waals surface area contributed by atoms with Crippen LogP contribution in [-0.4, -0.2) is 17.7 Å². The number of alkyl halides is 3. The standard InChI is InChI=1S/C17H13ClF3NO/c1-10-5-3-6-11(2)14(10)22-16(17(19,20)21)15(23)12-7-4-8-13(18)9-12/h3-9H,1-2H3. The van der Waals surface area contributed by atoms with Crippen LogP contribution in [0, 0.1) is 13.8 Å². The van der Waals surface area contributed by atoms with Crippen molar-refractivity contribution in [3.63, 3.8) is 0 Å². The number of Topliss-reactive ketones (excluding diaryl/α,β-unsaturated/α-hetero) is 1. The van der Waals surface area contributed by atoms with Crippen LogP contribution in [0.15, 0.2) is 47.5 Å². The Morgan fingerprint density at radius 1 is 1.04 bits per heavy atom. The van der Waals surface area contributed by atoms with Crippen LogP contribution < -0.4 is 0 Å². The van der Waals surface area contributed by atoms with Crippen molar-refractivity contribution in [2.45, 2.75) is 20.0 Å². The summed E-state index contributed by atoms with van der Waals surface area (Å²) in [6, 6.07) is 10.4. The zero-order valence-electron chi connectivity index (χ0n) is 12.4. The van der Waals surface area contributed by atoms with Gasteiger partial charge in [0.05, 0.1) is 5.69 Å². The number of ketones is 1. The third-order valence-electron chi connectivity index (χ3n) is 3.23. The van der Waals surface area contributed by atoms with E-state index in [1.54, 1.807) is 32.0 Å². The highest BCUT2D eigenvalue weighted by atomic mass is 35.5. The van der Waals surface area contributed by atoms with Gasteiger partial charge in [0.25, 0.3) is 0 Å². The van der Waals surface area contributed by atoms with E-state index in [0.29, 0.717) is 11.1 Å². The Labute approximate surface area is 136 Å². The molecule has 0 unspecified atom stereocenters. The summed E-state index contributed by atoms with van der Waals surface area (Å²) < 4.78 is 40.0. The molecule has 2 nitrogen and oxygen atoms in total. The van der Waals surface area contributed by atoms with E-state index in [0.717, 1.165) is 0 Å². The topological polar surface area (TPSA) is 29.4 Å². The van der Waals surface area contributed by atoms with E-state index in [2.05, 4.69) is 4.99 Å². The molecule has 0 radical (unpaired) electrons. The van der Waals surface area contributed by atoms with Crippen LogP contribution in [0.25, 0.3) is 0 Å². The van der Waals surface area contributed by atoms with Crippen molar-refractivity contribution in [1.29, 1.82) is 0 Å². The Morgan fingerprint density at radius 3 is 2.13 bits per heavy atom. The number of hydrogen-bond acceptors (Lipinski definition) is 2. The number of carbonyl (C=O) groups excluding carboxylic acids is 1. The first-order valence-electron chi connectivity index (χ1n) is 6.72. The number of aliphatic imine (C=N–C) groups is 1. The number of nitrogens with zero attached hydrogens (tertiary/aromatic N) is 1. The lowest BCUT2D eigenvalue weighted by Crippen LogP contribution is -2.31. The van der Waals surface area contributed by atoms with Crippen LogP contribution in [0.3, 0.4) is 0 Å². The number of para-hydroxylation sites is 1. The van der Waals surface area contributed by atoms with E-state index in [1.807, 2.05) is 0 Å². The molecule has 0 aliphatic heterocycles. The molecule has 0 saturated carbocycles. The molecule has 0 saturated heterocycles. The van der Waals surface area contributed by atoms with Gasteiger partial charge in [-0.3, -0.25) is 4.79 Å². The summed E-state index contributed by atoms with van der Waals surface area (Å²) in [5.74, 6) is -1.21. The molecule has 0 amide bonds. The highest BCUT2D eigenvalue weighted by molar-refractivity contribution is 6.48. The van der Waals surface area contributed by atoms with E-state index >= 15 is 0 Å². The third kappa shape index (κ3) is 3.99. The van der Waals surface area contributed by atoms with Gasteiger partial charge in [0.15, 0.2) is 5.71 Å². The van der Waals surface area contributed by atoms with Crippen molar-refractivity contribution >= 4 is 28.8 Å². The van der Waals surface area contributed by atoms with Gasteiger partial charge < -0.3 is 0 Å². The van der Waals surface area contributed by atoms with Crippen LogP contribution in [-0.2, 0) is 0 Å². The highest BCUT2D eigenvalue weighted by Gasteiger charge is 2.41. The summed E-state index contributed by atoms with van der Waals surface area (Å²) in [6.07, 6.45) is -4.87. The molecular weight excluding hydrogens is 327 g/mol. The second-order valence-corrected chi connectivity index (χ2v) is 5.47. The summed E-state index contributed by atoms with van der Waals surface area (Å²) in [6.45, 7) is 3.29. The number of hydrogen-bond donors (Lipinski definition) is 0. The zero-order chi connectivity index (χ0) is 17.2. The molecule has 2 rings (SSSR count). The number of aryl methyl sites for hydroxylation is 2. The molecule has 0 atom stereocenters. The fourth-order valence-electron chi connectivity index (χ4n) is 2.10. The maximum atomic E-state index is 13.3. The van der Waals surface area contributed by atoms with Crippen molar-refractivity contribution in [1.82, 2.24) is 0 Å². The first kappa shape index (κ1) is 17.2. The summed E-state index contributed by atoms with van der Waals surface area (Å²) in [5.41, 5.74) is -0.344. The van der Waals surface area contributed by atoms with Crippen molar-refractivity contribution < 1.29 is 18.0 Å². The number of benzene rings is 2. The molecule has 2 aromatic carbocycles. The second kappa shape index (κ2) is 6.54. The minimum absolute atomic E-state index is 0.148. The molecule has 6 heteroatoms. The lowest BCUT2D eigenvalue weighted by Gasteiger charge is -2.12. The summed E-state index contributed by atoms with van der Waals surface area (Å²) >= 11 is 5.75. The van der Waals surface area contributed by atoms with Gasteiger partial charge in [0.2, 0.25) is 5.78 Å². The SMILES string of the molecule is Cc1cccc(C)c1N=C(C(=O)c1cccc(Cl)c1)C(F)(F)F. The van der Waals surface area contributed by atoms with Crippen LogP contribution in [0.4, 0.5) is 18.9 Å². The average Bonchev–Trinajstić information content (AvgIpc) is 2.45. The molecule has 0 bridgehead atoms.